The van der Waals surface area contributed by atoms with Crippen molar-refractivity contribution in [2.45, 2.75) is 45.7 Å². The number of benzene rings is 2. The summed E-state index contributed by atoms with van der Waals surface area (Å²) in [6.45, 7) is 7.82. The molecular formula is C21H24FN5O. The molecule has 1 amide bonds. The molecule has 0 saturated carbocycles. The predicted molar refractivity (Wildman–Crippen MR) is 105 cm³/mol. The zero-order valence-corrected chi connectivity index (χ0v) is 16.4. The van der Waals surface area contributed by atoms with E-state index in [0.717, 1.165) is 11.1 Å². The van der Waals surface area contributed by atoms with Crippen LogP contribution in [0.3, 0.4) is 0 Å². The molecular weight excluding hydrogens is 357 g/mol. The molecule has 2 atom stereocenters. The average molecular weight is 381 g/mol. The maximum absolute atomic E-state index is 13.1. The van der Waals surface area contributed by atoms with Gasteiger partial charge in [0.25, 0.3) is 0 Å². The summed E-state index contributed by atoms with van der Waals surface area (Å²) in [7, 11) is 0. The fourth-order valence-corrected chi connectivity index (χ4v) is 2.80. The molecule has 0 aliphatic heterocycles. The second-order valence-corrected chi connectivity index (χ2v) is 7.17. The molecule has 1 aromatic heterocycles. The van der Waals surface area contributed by atoms with Gasteiger partial charge < -0.3 is 5.32 Å². The molecule has 0 unspecified atom stereocenters. The van der Waals surface area contributed by atoms with E-state index in [0.29, 0.717) is 11.7 Å². The van der Waals surface area contributed by atoms with Crippen LogP contribution in [-0.2, 0) is 4.79 Å². The van der Waals surface area contributed by atoms with Crippen LogP contribution < -0.4 is 5.32 Å². The van der Waals surface area contributed by atoms with Crippen molar-refractivity contribution in [2.75, 3.05) is 0 Å². The van der Waals surface area contributed by atoms with Gasteiger partial charge in [0, 0.05) is 5.56 Å². The van der Waals surface area contributed by atoms with Gasteiger partial charge in [-0.2, -0.15) is 4.80 Å². The smallest absolute Gasteiger partial charge is 0.246 e. The summed E-state index contributed by atoms with van der Waals surface area (Å²) < 4.78 is 13.1. The molecule has 1 heterocycles. The second-order valence-electron chi connectivity index (χ2n) is 7.17. The Morgan fingerprint density at radius 1 is 0.964 bits per heavy atom. The molecule has 7 heteroatoms. The molecule has 0 radical (unpaired) electrons. The van der Waals surface area contributed by atoms with Crippen molar-refractivity contribution in [2.24, 2.45) is 0 Å². The molecule has 2 aromatic carbocycles. The Morgan fingerprint density at radius 2 is 1.57 bits per heavy atom. The Morgan fingerprint density at radius 3 is 2.18 bits per heavy atom. The van der Waals surface area contributed by atoms with E-state index in [1.54, 1.807) is 19.1 Å². The van der Waals surface area contributed by atoms with E-state index in [1.165, 1.54) is 22.5 Å². The lowest BCUT2D eigenvalue weighted by atomic mass is 10.0. The van der Waals surface area contributed by atoms with Crippen LogP contribution in [0, 0.1) is 5.82 Å². The summed E-state index contributed by atoms with van der Waals surface area (Å²) in [6.07, 6.45) is 0. The Hall–Kier alpha value is -3.09. The van der Waals surface area contributed by atoms with Gasteiger partial charge in [-0.3, -0.25) is 4.79 Å². The van der Waals surface area contributed by atoms with Crippen LogP contribution in [0.4, 0.5) is 4.39 Å². The fraction of sp³-hybridized carbons (Fsp3) is 0.333. The van der Waals surface area contributed by atoms with E-state index in [1.807, 2.05) is 31.2 Å². The number of nitrogens with one attached hydrogen (secondary N) is 1. The Kier molecular flexibility index (Phi) is 5.82. The highest BCUT2D eigenvalue weighted by Gasteiger charge is 2.21. The zero-order chi connectivity index (χ0) is 20.3. The van der Waals surface area contributed by atoms with Crippen molar-refractivity contribution in [1.29, 1.82) is 0 Å². The predicted octanol–water partition coefficient (Wildman–Crippen LogP) is 4.04. The highest BCUT2D eigenvalue weighted by atomic mass is 19.1. The number of hydrogen-bond acceptors (Lipinski definition) is 4. The number of tetrazole rings is 1. The molecule has 146 valence electrons. The first-order chi connectivity index (χ1) is 13.3. The molecule has 0 fully saturated rings. The molecule has 0 bridgehead atoms. The monoisotopic (exact) mass is 381 g/mol. The number of nitrogens with zero attached hydrogens (tertiary/aromatic N) is 4. The molecule has 6 nitrogen and oxygen atoms in total. The summed E-state index contributed by atoms with van der Waals surface area (Å²) in [4.78, 5) is 13.8. The fourth-order valence-electron chi connectivity index (χ4n) is 2.80. The van der Waals surface area contributed by atoms with Crippen LogP contribution in [0.2, 0.25) is 0 Å². The maximum Gasteiger partial charge on any atom is 0.246 e. The third kappa shape index (κ3) is 4.42. The van der Waals surface area contributed by atoms with Gasteiger partial charge in [-0.1, -0.05) is 50.2 Å². The largest absolute Gasteiger partial charge is 0.348 e. The Labute approximate surface area is 163 Å². The van der Waals surface area contributed by atoms with Gasteiger partial charge in [-0.25, -0.2) is 4.39 Å². The van der Waals surface area contributed by atoms with Gasteiger partial charge in [0.15, 0.2) is 0 Å². The average Bonchev–Trinajstić information content (AvgIpc) is 3.18. The second kappa shape index (κ2) is 8.29. The highest BCUT2D eigenvalue weighted by molar-refractivity contribution is 5.80. The number of hydrogen-bond donors (Lipinski definition) is 1. The molecule has 0 aliphatic rings. The molecule has 3 rings (SSSR count). The van der Waals surface area contributed by atoms with Crippen molar-refractivity contribution in [3.8, 4) is 11.4 Å². The first-order valence-corrected chi connectivity index (χ1v) is 9.31. The van der Waals surface area contributed by atoms with Crippen LogP contribution in [-0.4, -0.2) is 26.1 Å². The molecule has 28 heavy (non-hydrogen) atoms. The molecule has 0 saturated heterocycles. The molecule has 0 spiro atoms. The first-order valence-electron chi connectivity index (χ1n) is 9.31. The van der Waals surface area contributed by atoms with E-state index in [9.17, 15) is 9.18 Å². The van der Waals surface area contributed by atoms with Gasteiger partial charge in [0.2, 0.25) is 11.7 Å². The van der Waals surface area contributed by atoms with Crippen LogP contribution in [0.1, 0.15) is 56.8 Å². The minimum atomic E-state index is -0.626. The lowest BCUT2D eigenvalue weighted by Crippen LogP contribution is -2.34. The first kappa shape index (κ1) is 19.7. The van der Waals surface area contributed by atoms with E-state index in [-0.39, 0.29) is 17.8 Å². The van der Waals surface area contributed by atoms with E-state index < -0.39 is 6.04 Å². The maximum atomic E-state index is 13.1. The third-order valence-corrected chi connectivity index (χ3v) is 4.72. The quantitative estimate of drug-likeness (QED) is 0.699. The number of aromatic nitrogens is 4. The van der Waals surface area contributed by atoms with E-state index >= 15 is 0 Å². The minimum absolute atomic E-state index is 0.240. The van der Waals surface area contributed by atoms with Crippen LogP contribution in [0.15, 0.2) is 48.5 Å². The van der Waals surface area contributed by atoms with Gasteiger partial charge in [0.05, 0.1) is 6.04 Å². The summed E-state index contributed by atoms with van der Waals surface area (Å²) >= 11 is 0. The van der Waals surface area contributed by atoms with Gasteiger partial charge in [0.1, 0.15) is 11.9 Å². The van der Waals surface area contributed by atoms with Crippen molar-refractivity contribution < 1.29 is 9.18 Å². The van der Waals surface area contributed by atoms with E-state index in [2.05, 4.69) is 34.6 Å². The van der Waals surface area contributed by atoms with Gasteiger partial charge >= 0.3 is 0 Å². The lowest BCUT2D eigenvalue weighted by Gasteiger charge is -2.17. The third-order valence-electron chi connectivity index (χ3n) is 4.72. The SMILES string of the molecule is CC(C)c1ccc(-c2nnn([C@H](C)C(=O)N[C@H](C)c3ccc(F)cc3)n2)cc1. The van der Waals surface area contributed by atoms with Crippen molar-refractivity contribution in [3.05, 3.63) is 65.5 Å². The van der Waals surface area contributed by atoms with Gasteiger partial charge in [-0.15, -0.1) is 10.2 Å². The minimum Gasteiger partial charge on any atom is -0.348 e. The summed E-state index contributed by atoms with van der Waals surface area (Å²) in [6, 6.07) is 13.2. The lowest BCUT2D eigenvalue weighted by molar-refractivity contribution is -0.125. The molecule has 0 aliphatic carbocycles. The number of amides is 1. The van der Waals surface area contributed by atoms with Crippen LogP contribution >= 0.6 is 0 Å². The Balaban J connectivity index is 1.68. The highest BCUT2D eigenvalue weighted by Crippen LogP contribution is 2.20. The number of carbonyl (C=O) groups is 1. The molecule has 3 aromatic rings. The Bertz CT molecular complexity index is 934. The normalized spacial score (nSPS) is 13.4. The topological polar surface area (TPSA) is 72.7 Å². The summed E-state index contributed by atoms with van der Waals surface area (Å²) in [5, 5.41) is 15.3. The number of halogens is 1. The van der Waals surface area contributed by atoms with Crippen LogP contribution in [0.5, 0.6) is 0 Å². The standard InChI is InChI=1S/C21H24FN5O/c1-13(2)16-5-7-18(8-6-16)20-24-26-27(25-20)15(4)21(28)23-14(3)17-9-11-19(22)12-10-17/h5-15H,1-4H3,(H,23,28)/t14-,15-/m1/s1. The van der Waals surface area contributed by atoms with Crippen molar-refractivity contribution in [1.82, 2.24) is 25.5 Å². The number of carbonyl (C=O) groups excluding carboxylic acids is 1. The summed E-state index contributed by atoms with van der Waals surface area (Å²) in [5.41, 5.74) is 2.90. The van der Waals surface area contributed by atoms with Crippen molar-refractivity contribution >= 4 is 5.91 Å². The summed E-state index contributed by atoms with van der Waals surface area (Å²) in [5.74, 6) is 0.374. The van der Waals surface area contributed by atoms with Crippen molar-refractivity contribution in [3.63, 3.8) is 0 Å². The van der Waals surface area contributed by atoms with Crippen LogP contribution in [0.25, 0.3) is 11.4 Å². The zero-order valence-electron chi connectivity index (χ0n) is 16.4. The van der Waals surface area contributed by atoms with E-state index in [4.69, 9.17) is 0 Å². The molecule has 1 N–H and O–H groups in total. The van der Waals surface area contributed by atoms with Gasteiger partial charge in [-0.05, 0) is 48.2 Å². The number of rotatable bonds is 6.